The van der Waals surface area contributed by atoms with E-state index in [1.54, 1.807) is 12.1 Å². The van der Waals surface area contributed by atoms with Crippen molar-refractivity contribution in [3.05, 3.63) is 37.6 Å². The minimum absolute atomic E-state index is 0.258. The van der Waals surface area contributed by atoms with E-state index in [0.717, 1.165) is 0 Å². The van der Waals surface area contributed by atoms with Crippen molar-refractivity contribution >= 4 is 26.8 Å². The molecule has 0 radical (unpaired) electrons. The standard InChI is InChI=1S/C9H6BrNO4/c1-14-5-3-2-4(10)6-7(5)11-9(13)15-8(6)12/h2-3H,1H3,(H,11,13). The minimum Gasteiger partial charge on any atom is -0.495 e. The number of ether oxygens (including phenoxy) is 1. The molecule has 78 valence electrons. The summed E-state index contributed by atoms with van der Waals surface area (Å²) < 4.78 is 9.98. The smallest absolute Gasteiger partial charge is 0.419 e. The first-order valence-electron chi connectivity index (χ1n) is 4.03. The van der Waals surface area contributed by atoms with Gasteiger partial charge in [-0.25, -0.2) is 9.59 Å². The highest BCUT2D eigenvalue weighted by Crippen LogP contribution is 2.26. The second-order valence-electron chi connectivity index (χ2n) is 2.80. The lowest BCUT2D eigenvalue weighted by molar-refractivity contribution is 0.415. The van der Waals surface area contributed by atoms with E-state index in [0.29, 0.717) is 15.7 Å². The van der Waals surface area contributed by atoms with E-state index in [4.69, 9.17) is 4.74 Å². The molecule has 0 saturated carbocycles. The molecule has 1 aromatic carbocycles. The predicted molar refractivity (Wildman–Crippen MR) is 57.4 cm³/mol. The summed E-state index contributed by atoms with van der Waals surface area (Å²) in [6, 6.07) is 3.29. The Labute approximate surface area is 91.8 Å². The lowest BCUT2D eigenvalue weighted by Crippen LogP contribution is -2.15. The normalized spacial score (nSPS) is 10.5. The Morgan fingerprint density at radius 3 is 2.80 bits per heavy atom. The van der Waals surface area contributed by atoms with Gasteiger partial charge < -0.3 is 9.15 Å². The zero-order valence-corrected chi connectivity index (χ0v) is 9.25. The fourth-order valence-electron chi connectivity index (χ4n) is 1.31. The molecule has 0 fully saturated rings. The van der Waals surface area contributed by atoms with E-state index in [-0.39, 0.29) is 5.39 Å². The molecule has 0 aliphatic heterocycles. The van der Waals surface area contributed by atoms with Gasteiger partial charge in [0.1, 0.15) is 16.7 Å². The van der Waals surface area contributed by atoms with Gasteiger partial charge in [0.15, 0.2) is 0 Å². The molecule has 1 aromatic heterocycles. The number of hydrogen-bond donors (Lipinski definition) is 1. The quantitative estimate of drug-likeness (QED) is 0.848. The first kappa shape index (κ1) is 9.97. The van der Waals surface area contributed by atoms with Crippen molar-refractivity contribution in [2.45, 2.75) is 0 Å². The van der Waals surface area contributed by atoms with Crippen LogP contribution >= 0.6 is 15.9 Å². The Balaban J connectivity index is 3.07. The number of rotatable bonds is 1. The lowest BCUT2D eigenvalue weighted by atomic mass is 10.2. The fraction of sp³-hybridized carbons (Fsp3) is 0.111. The number of methoxy groups -OCH3 is 1. The first-order valence-corrected chi connectivity index (χ1v) is 4.82. The van der Waals surface area contributed by atoms with Crippen molar-refractivity contribution in [1.29, 1.82) is 0 Å². The van der Waals surface area contributed by atoms with Crippen LogP contribution in [0.15, 0.2) is 30.6 Å². The number of aromatic nitrogens is 1. The topological polar surface area (TPSA) is 72.3 Å². The predicted octanol–water partition coefficient (Wildman–Crippen LogP) is 1.25. The van der Waals surface area contributed by atoms with Crippen LogP contribution in [0.2, 0.25) is 0 Å². The van der Waals surface area contributed by atoms with Gasteiger partial charge in [-0.1, -0.05) is 0 Å². The van der Waals surface area contributed by atoms with Crippen LogP contribution in [0.1, 0.15) is 0 Å². The first-order chi connectivity index (χ1) is 7.13. The van der Waals surface area contributed by atoms with E-state index < -0.39 is 11.4 Å². The summed E-state index contributed by atoms with van der Waals surface area (Å²) in [6.07, 6.45) is 0. The second kappa shape index (κ2) is 3.54. The second-order valence-corrected chi connectivity index (χ2v) is 3.66. The summed E-state index contributed by atoms with van der Waals surface area (Å²) in [5.41, 5.74) is -0.368. The van der Waals surface area contributed by atoms with Gasteiger partial charge in [0.25, 0.3) is 0 Å². The Kier molecular flexibility index (Phi) is 2.36. The number of benzene rings is 1. The van der Waals surface area contributed by atoms with E-state index >= 15 is 0 Å². The summed E-state index contributed by atoms with van der Waals surface area (Å²) in [5, 5.41) is 0.258. The van der Waals surface area contributed by atoms with Crippen molar-refractivity contribution in [3.63, 3.8) is 0 Å². The number of nitrogens with one attached hydrogen (secondary N) is 1. The van der Waals surface area contributed by atoms with E-state index in [1.807, 2.05) is 0 Å². The zero-order valence-electron chi connectivity index (χ0n) is 7.67. The molecule has 0 unspecified atom stereocenters. The third-order valence-corrected chi connectivity index (χ3v) is 2.61. The molecule has 2 rings (SSSR count). The molecule has 0 aliphatic carbocycles. The molecule has 0 amide bonds. The molecule has 15 heavy (non-hydrogen) atoms. The van der Waals surface area contributed by atoms with Gasteiger partial charge in [-0.3, -0.25) is 4.98 Å². The van der Waals surface area contributed by atoms with Crippen LogP contribution in [0.25, 0.3) is 10.9 Å². The van der Waals surface area contributed by atoms with Crippen LogP contribution in [0.5, 0.6) is 5.75 Å². The van der Waals surface area contributed by atoms with Crippen LogP contribution in [-0.4, -0.2) is 12.1 Å². The van der Waals surface area contributed by atoms with E-state index in [1.165, 1.54) is 7.11 Å². The van der Waals surface area contributed by atoms with Crippen molar-refractivity contribution in [1.82, 2.24) is 4.98 Å². The molecule has 0 atom stereocenters. The molecule has 0 bridgehead atoms. The maximum atomic E-state index is 11.4. The summed E-state index contributed by atoms with van der Waals surface area (Å²) in [7, 11) is 1.45. The zero-order chi connectivity index (χ0) is 11.0. The maximum Gasteiger partial charge on any atom is 0.419 e. The number of fused-ring (bicyclic) bond motifs is 1. The SMILES string of the molecule is COc1ccc(Br)c2c(=O)oc(=O)[nH]c12. The Morgan fingerprint density at radius 1 is 1.40 bits per heavy atom. The third kappa shape index (κ3) is 1.56. The van der Waals surface area contributed by atoms with Crippen LogP contribution in [-0.2, 0) is 0 Å². The van der Waals surface area contributed by atoms with E-state index in [9.17, 15) is 9.59 Å². The van der Waals surface area contributed by atoms with Crippen LogP contribution < -0.4 is 16.1 Å². The Bertz CT molecular complexity index is 628. The number of hydrogen-bond acceptors (Lipinski definition) is 4. The van der Waals surface area contributed by atoms with Crippen molar-refractivity contribution in [2.75, 3.05) is 7.11 Å². The minimum atomic E-state index is -0.802. The lowest BCUT2D eigenvalue weighted by Gasteiger charge is -2.04. The molecular weight excluding hydrogens is 266 g/mol. The van der Waals surface area contributed by atoms with Crippen molar-refractivity contribution in [3.8, 4) is 5.75 Å². The molecule has 2 aromatic rings. The van der Waals surface area contributed by atoms with Gasteiger partial charge >= 0.3 is 11.4 Å². The molecule has 0 saturated heterocycles. The highest BCUT2D eigenvalue weighted by Gasteiger charge is 2.11. The van der Waals surface area contributed by atoms with Gasteiger partial charge in [-0.05, 0) is 28.1 Å². The van der Waals surface area contributed by atoms with Crippen LogP contribution in [0.3, 0.4) is 0 Å². The van der Waals surface area contributed by atoms with Gasteiger partial charge in [-0.2, -0.15) is 0 Å². The molecule has 0 aliphatic rings. The highest BCUT2D eigenvalue weighted by molar-refractivity contribution is 9.10. The van der Waals surface area contributed by atoms with Crippen LogP contribution in [0, 0.1) is 0 Å². The molecule has 1 heterocycles. The number of aromatic amines is 1. The highest BCUT2D eigenvalue weighted by atomic mass is 79.9. The molecular formula is C9H6BrNO4. The third-order valence-electron chi connectivity index (χ3n) is 1.95. The Hall–Kier alpha value is -1.56. The largest absolute Gasteiger partial charge is 0.495 e. The number of H-pyrrole nitrogens is 1. The molecule has 1 N–H and O–H groups in total. The van der Waals surface area contributed by atoms with Crippen molar-refractivity contribution in [2.24, 2.45) is 0 Å². The average Bonchev–Trinajstić information content (AvgIpc) is 2.17. The number of halogens is 1. The monoisotopic (exact) mass is 271 g/mol. The average molecular weight is 272 g/mol. The maximum absolute atomic E-state index is 11.4. The fourth-order valence-corrected chi connectivity index (χ4v) is 1.81. The summed E-state index contributed by atoms with van der Waals surface area (Å²) >= 11 is 3.20. The van der Waals surface area contributed by atoms with Gasteiger partial charge in [0.2, 0.25) is 0 Å². The van der Waals surface area contributed by atoms with Gasteiger partial charge in [-0.15, -0.1) is 0 Å². The molecule has 6 heteroatoms. The summed E-state index contributed by atoms with van der Waals surface area (Å²) in [6.45, 7) is 0. The summed E-state index contributed by atoms with van der Waals surface area (Å²) in [5.74, 6) is -0.387. The Morgan fingerprint density at radius 2 is 2.13 bits per heavy atom. The molecule has 0 spiro atoms. The van der Waals surface area contributed by atoms with Crippen LogP contribution in [0.4, 0.5) is 0 Å². The van der Waals surface area contributed by atoms with Gasteiger partial charge in [0.05, 0.1) is 7.11 Å². The van der Waals surface area contributed by atoms with E-state index in [2.05, 4.69) is 25.3 Å². The molecule has 5 nitrogen and oxygen atoms in total. The van der Waals surface area contributed by atoms with Gasteiger partial charge in [0, 0.05) is 4.47 Å². The summed E-state index contributed by atoms with van der Waals surface area (Å²) in [4.78, 5) is 24.8. The van der Waals surface area contributed by atoms with Crippen molar-refractivity contribution < 1.29 is 9.15 Å².